The number of rotatable bonds is 14. The zero-order chi connectivity index (χ0) is 56.1. The third-order valence-electron chi connectivity index (χ3n) is 10.4. The maximum Gasteiger partial charge on any atom is 0.485 e. The number of alkyl halides is 5. The fourth-order valence-electron chi connectivity index (χ4n) is 6.64. The molecule has 6 aromatic rings. The first-order valence-electron chi connectivity index (χ1n) is 22.5. The number of halogens is 15. The molecule has 75 heavy (non-hydrogen) atoms. The van der Waals surface area contributed by atoms with E-state index in [9.17, 15) is 48.3 Å². The molecule has 0 fully saturated rings. The van der Waals surface area contributed by atoms with Crippen molar-refractivity contribution in [3.8, 4) is 33.8 Å². The summed E-state index contributed by atoms with van der Waals surface area (Å²) in [6, 6.07) is 26.6. The molecule has 0 saturated carbocycles. The summed E-state index contributed by atoms with van der Waals surface area (Å²) in [4.78, 5) is 0. The Kier molecular flexibility index (Phi) is 27.8. The zero-order valence-corrected chi connectivity index (χ0v) is 48.4. The van der Waals surface area contributed by atoms with Crippen LogP contribution in [0.3, 0.4) is 0 Å². The minimum absolute atomic E-state index is 0.0428. The molecule has 7 rings (SSSR count). The molecular formula is C52H47Br4F11O5S3. The number of ether oxygens (including phenoxy) is 1. The predicted octanol–water partition coefficient (Wildman–Crippen LogP) is 18.5. The molecule has 1 aliphatic rings. The van der Waals surface area contributed by atoms with E-state index in [2.05, 4.69) is 90.8 Å². The van der Waals surface area contributed by atoms with Gasteiger partial charge in [-0.05, 0) is 139 Å². The van der Waals surface area contributed by atoms with Crippen LogP contribution in [-0.4, -0.2) is 39.3 Å². The lowest BCUT2D eigenvalue weighted by Gasteiger charge is -2.20. The highest BCUT2D eigenvalue weighted by atomic mass is 80.9. The van der Waals surface area contributed by atoms with Crippen molar-refractivity contribution in [2.45, 2.75) is 83.3 Å². The van der Waals surface area contributed by atoms with Crippen molar-refractivity contribution in [2.75, 3.05) is 11.5 Å². The number of aryl methyl sites for hydroxylation is 2. The number of unbranched alkanes of at least 4 members (excludes halogenated alkanes) is 4. The number of benzene rings is 6. The van der Waals surface area contributed by atoms with Crippen LogP contribution in [0.2, 0.25) is 0 Å². The summed E-state index contributed by atoms with van der Waals surface area (Å²) >= 11 is 14.4. The first-order chi connectivity index (χ1) is 35.3. The number of phenolic OH excluding ortho intramolecular Hbond substituents is 1. The molecule has 0 bridgehead atoms. The zero-order valence-electron chi connectivity index (χ0n) is 39.6. The van der Waals surface area contributed by atoms with Crippen LogP contribution >= 0.6 is 71.9 Å². The van der Waals surface area contributed by atoms with Crippen molar-refractivity contribution in [3.63, 3.8) is 0 Å². The summed E-state index contributed by atoms with van der Waals surface area (Å²) in [6.07, 6.45) is 5.59. The van der Waals surface area contributed by atoms with Crippen LogP contribution in [0.1, 0.15) is 81.0 Å². The topological polar surface area (TPSA) is 86.7 Å². The highest BCUT2D eigenvalue weighted by Gasteiger charge is 2.41. The highest BCUT2D eigenvalue weighted by molar-refractivity contribution is 9.93. The summed E-state index contributed by atoms with van der Waals surface area (Å²) in [5.41, 5.74) is -2.57. The molecule has 23 heteroatoms. The van der Waals surface area contributed by atoms with Gasteiger partial charge in [-0.15, -0.1) is 0 Å². The van der Waals surface area contributed by atoms with Crippen molar-refractivity contribution in [2.24, 2.45) is 0 Å². The first-order valence-corrected chi connectivity index (χ1v) is 31.2. The van der Waals surface area contributed by atoms with Gasteiger partial charge in [0.25, 0.3) is 4.20 Å². The van der Waals surface area contributed by atoms with Crippen molar-refractivity contribution >= 4 is 97.5 Å². The van der Waals surface area contributed by atoms with Gasteiger partial charge >= 0.3 is 11.6 Å². The third-order valence-corrected chi connectivity index (χ3v) is 14.8. The van der Waals surface area contributed by atoms with Gasteiger partial charge in [0.15, 0.2) is 27.2 Å². The van der Waals surface area contributed by atoms with Gasteiger partial charge in [0.05, 0.1) is 8.95 Å². The molecule has 0 spiro atoms. The Morgan fingerprint density at radius 2 is 1.04 bits per heavy atom. The van der Waals surface area contributed by atoms with Gasteiger partial charge in [0, 0.05) is 52.6 Å². The Balaban J connectivity index is 0.000000297. The van der Waals surface area contributed by atoms with Gasteiger partial charge in [-0.25, -0.2) is 34.8 Å². The fraction of sp³-hybridized carbons (Fsp3) is 0.288. The third kappa shape index (κ3) is 21.3. The van der Waals surface area contributed by atoms with Crippen molar-refractivity contribution in [1.29, 1.82) is 0 Å². The molecular weight excluding hydrogens is 1330 g/mol. The first kappa shape index (κ1) is 65.7. The van der Waals surface area contributed by atoms with Crippen LogP contribution in [0.4, 0.5) is 48.3 Å². The second-order valence-electron chi connectivity index (χ2n) is 16.0. The Morgan fingerprint density at radius 3 is 1.41 bits per heavy atom. The van der Waals surface area contributed by atoms with Crippen LogP contribution in [0.25, 0.3) is 22.3 Å². The molecule has 0 radical (unpaired) electrons. The summed E-state index contributed by atoms with van der Waals surface area (Å²) in [5, 5.41) is 8.68. The van der Waals surface area contributed by atoms with Gasteiger partial charge < -0.3 is 14.4 Å². The molecule has 0 aliphatic carbocycles. The van der Waals surface area contributed by atoms with Gasteiger partial charge in [-0.2, -0.15) is 22.0 Å². The Bertz CT molecular complexity index is 2870. The van der Waals surface area contributed by atoms with E-state index in [1.807, 2.05) is 24.3 Å². The fourth-order valence-corrected chi connectivity index (χ4v) is 9.77. The van der Waals surface area contributed by atoms with E-state index in [4.69, 9.17) is 18.1 Å². The van der Waals surface area contributed by atoms with Crippen LogP contribution in [0.5, 0.6) is 11.5 Å². The van der Waals surface area contributed by atoms with Gasteiger partial charge in [0.2, 0.25) is 0 Å². The average molecular weight is 1380 g/mol. The lowest BCUT2D eigenvalue weighted by atomic mass is 9.99. The number of thioether (sulfide) groups is 1. The molecule has 0 atom stereocenters. The minimum atomic E-state index is -6.09. The van der Waals surface area contributed by atoms with Crippen LogP contribution in [0, 0.1) is 34.9 Å². The average Bonchev–Trinajstić information content (AvgIpc) is 3.35. The Morgan fingerprint density at radius 1 is 0.613 bits per heavy atom. The summed E-state index contributed by atoms with van der Waals surface area (Å²) in [7, 11) is -6.09. The maximum atomic E-state index is 14.6. The lowest BCUT2D eigenvalue weighted by Crippen LogP contribution is -2.25. The molecule has 0 saturated heterocycles. The van der Waals surface area contributed by atoms with E-state index in [0.717, 1.165) is 95.7 Å². The standard InChI is InChI=1S/C24H20BrF5O.C21H23F2S2.C6H4BrFO.CHF3O3S.Br2/c1-2-3-4-5-15-6-8-16(9-7-15)17-12-21(27)23(22(28)13-17)24(29,30)31-18-10-11-19(25)20(26)14-18;1-2-3-4-6-15-7-9-16(10-8-15)17-13-18(22)20(19(23)14-17)21-24-11-5-12-25-21;7-5-2-1-4(9)3-6(5)8;2-1(3,4)8(5,6)7;1-2/h6-14H,2-5H2,1H3;7-10,13-14H,2-6,11-12H2,1H3;1-3,9H;(H,5,6,7);/q;+1;;;/p-1. The largest absolute Gasteiger partial charge is 0.741 e. The Labute approximate surface area is 468 Å². The van der Waals surface area contributed by atoms with E-state index in [-0.39, 0.29) is 21.3 Å². The van der Waals surface area contributed by atoms with Crippen molar-refractivity contribution in [3.05, 3.63) is 175 Å². The second-order valence-corrected chi connectivity index (χ2v) is 21.5. The molecule has 6 aromatic carbocycles. The lowest BCUT2D eigenvalue weighted by molar-refractivity contribution is -0.189. The van der Waals surface area contributed by atoms with Gasteiger partial charge in [0.1, 0.15) is 57.5 Å². The molecule has 1 N–H and O–H groups in total. The van der Waals surface area contributed by atoms with Crippen LogP contribution < -0.4 is 4.74 Å². The molecule has 408 valence electrons. The van der Waals surface area contributed by atoms with Crippen LogP contribution in [-0.2, 0) is 40.4 Å². The molecule has 0 aromatic heterocycles. The normalized spacial score (nSPS) is 12.3. The molecule has 0 amide bonds. The van der Waals surface area contributed by atoms with E-state index in [1.54, 1.807) is 35.2 Å². The smallest absolute Gasteiger partial charge is 0.485 e. The number of aromatic hydroxyl groups is 1. The van der Waals surface area contributed by atoms with E-state index < -0.39 is 68.0 Å². The summed E-state index contributed by atoms with van der Waals surface area (Å²) in [5.74, 6) is -3.88. The molecule has 1 heterocycles. The predicted molar refractivity (Wildman–Crippen MR) is 291 cm³/mol. The van der Waals surface area contributed by atoms with Crippen molar-refractivity contribution in [1.82, 2.24) is 0 Å². The molecule has 5 nitrogen and oxygen atoms in total. The summed E-state index contributed by atoms with van der Waals surface area (Å²) in [6.45, 7) is 4.31. The number of hydrogen-bond donors (Lipinski definition) is 1. The van der Waals surface area contributed by atoms with E-state index in [0.29, 0.717) is 21.7 Å². The number of hydrogen-bond acceptors (Lipinski definition) is 6. The number of phenols is 1. The van der Waals surface area contributed by atoms with Crippen LogP contribution in [0.15, 0.2) is 118 Å². The quantitative estimate of drug-likeness (QED) is 0.0292. The molecule has 1 aliphatic heterocycles. The van der Waals surface area contributed by atoms with E-state index in [1.165, 1.54) is 49.1 Å². The second kappa shape index (κ2) is 31.7. The Hall–Kier alpha value is -3.58. The molecule has 0 unspecified atom stereocenters. The van der Waals surface area contributed by atoms with Gasteiger partial charge in [-0.3, -0.25) is 0 Å². The van der Waals surface area contributed by atoms with Gasteiger partial charge in [-0.1, -0.05) is 99.8 Å². The van der Waals surface area contributed by atoms with Crippen molar-refractivity contribution < 1.29 is 71.1 Å². The minimum Gasteiger partial charge on any atom is -0.741 e. The summed E-state index contributed by atoms with van der Waals surface area (Å²) < 4.78 is 178. The SMILES string of the molecule is BrBr.CCCCCc1ccc(-c2cc(F)c(C(F)(F)Oc3ccc(Br)c(F)c3)c(F)c2)cc1.CCCCCc1ccc(-c2cc(F)c(C3=[S+]CCCS3)c(F)c2)cc1.O=S(=O)([O-])C(F)(F)F.Oc1ccc(Br)c(F)c1. The highest BCUT2D eigenvalue weighted by Crippen LogP contribution is 2.38. The monoisotopic (exact) mass is 1370 g/mol. The maximum absolute atomic E-state index is 14.6. The van der Waals surface area contributed by atoms with E-state index >= 15 is 0 Å².